The van der Waals surface area contributed by atoms with Gasteiger partial charge in [0.05, 0.1) is 22.4 Å². The van der Waals surface area contributed by atoms with E-state index in [1.807, 2.05) is 36.9 Å². The molecule has 0 saturated carbocycles. The second-order valence-corrected chi connectivity index (χ2v) is 9.03. The van der Waals surface area contributed by atoms with Gasteiger partial charge < -0.3 is 4.57 Å². The van der Waals surface area contributed by atoms with Crippen molar-refractivity contribution in [1.29, 1.82) is 0 Å². The van der Waals surface area contributed by atoms with Crippen LogP contribution >= 0.6 is 0 Å². The van der Waals surface area contributed by atoms with E-state index in [9.17, 15) is 0 Å². The summed E-state index contributed by atoms with van der Waals surface area (Å²) in [6.45, 7) is 0. The van der Waals surface area contributed by atoms with Crippen molar-refractivity contribution in [1.82, 2.24) is 19.5 Å². The maximum absolute atomic E-state index is 5.07. The average Bonchev–Trinajstić information content (AvgIpc) is 3.32. The van der Waals surface area contributed by atoms with E-state index in [1.54, 1.807) is 0 Å². The third kappa shape index (κ3) is 3.76. The summed E-state index contributed by atoms with van der Waals surface area (Å²) in [5.41, 5.74) is 9.72. The number of aromatic nitrogens is 4. The molecule has 0 radical (unpaired) electrons. The molecule has 0 N–H and O–H groups in total. The summed E-state index contributed by atoms with van der Waals surface area (Å²) in [4.78, 5) is 13.7. The molecular formula is C33H22N4. The van der Waals surface area contributed by atoms with Crippen LogP contribution in [0.3, 0.4) is 0 Å². The van der Waals surface area contributed by atoms with E-state index in [0.717, 1.165) is 55.6 Å². The standard InChI is InChI=1S/C33H22N4/c1-3-7-23(8-4-1)26-19-30(24-9-5-2-6-10-24)36-31(20-26)25-11-13-27(14-12-25)37-32-15-17-34-21-28(32)29-22-35-18-16-33(29)37/h1-22H. The number of pyridine rings is 3. The quantitative estimate of drug-likeness (QED) is 0.260. The summed E-state index contributed by atoms with van der Waals surface area (Å²) in [6, 6.07) is 37.9. The maximum atomic E-state index is 5.07. The third-order valence-corrected chi connectivity index (χ3v) is 6.79. The van der Waals surface area contributed by atoms with Gasteiger partial charge in [-0.2, -0.15) is 0 Å². The van der Waals surface area contributed by atoms with Crippen LogP contribution in [0, 0.1) is 0 Å². The lowest BCUT2D eigenvalue weighted by molar-refractivity contribution is 1.17. The monoisotopic (exact) mass is 474 g/mol. The largest absolute Gasteiger partial charge is 0.309 e. The van der Waals surface area contributed by atoms with Gasteiger partial charge in [0.1, 0.15) is 0 Å². The van der Waals surface area contributed by atoms with Crippen molar-refractivity contribution in [2.24, 2.45) is 0 Å². The van der Waals surface area contributed by atoms with E-state index in [1.165, 1.54) is 5.56 Å². The zero-order valence-corrected chi connectivity index (χ0v) is 20.0. The van der Waals surface area contributed by atoms with Crippen LogP contribution in [-0.2, 0) is 0 Å². The highest BCUT2D eigenvalue weighted by atomic mass is 15.0. The highest BCUT2D eigenvalue weighted by Crippen LogP contribution is 2.33. The molecule has 3 aromatic carbocycles. The topological polar surface area (TPSA) is 43.6 Å². The summed E-state index contributed by atoms with van der Waals surface area (Å²) in [7, 11) is 0. The number of rotatable bonds is 4. The van der Waals surface area contributed by atoms with Crippen molar-refractivity contribution in [3.8, 4) is 39.3 Å². The molecule has 0 unspecified atom stereocenters. The van der Waals surface area contributed by atoms with E-state index in [4.69, 9.17) is 4.98 Å². The molecule has 37 heavy (non-hydrogen) atoms. The van der Waals surface area contributed by atoms with Gasteiger partial charge in [-0.3, -0.25) is 9.97 Å². The van der Waals surface area contributed by atoms with Crippen LogP contribution in [0.4, 0.5) is 0 Å². The molecular weight excluding hydrogens is 452 g/mol. The smallest absolute Gasteiger partial charge is 0.0715 e. The minimum atomic E-state index is 0.947. The minimum absolute atomic E-state index is 0.947. The van der Waals surface area contributed by atoms with Gasteiger partial charge in [0.15, 0.2) is 0 Å². The predicted molar refractivity (Wildman–Crippen MR) is 150 cm³/mol. The fraction of sp³-hybridized carbons (Fsp3) is 0. The molecule has 4 heteroatoms. The van der Waals surface area contributed by atoms with E-state index in [-0.39, 0.29) is 0 Å². The van der Waals surface area contributed by atoms with Crippen LogP contribution in [0.25, 0.3) is 61.1 Å². The van der Waals surface area contributed by atoms with Crippen LogP contribution < -0.4 is 0 Å². The first-order valence-corrected chi connectivity index (χ1v) is 12.3. The van der Waals surface area contributed by atoms with E-state index in [0.29, 0.717) is 0 Å². The molecule has 4 heterocycles. The maximum Gasteiger partial charge on any atom is 0.0715 e. The number of hydrogen-bond donors (Lipinski definition) is 0. The third-order valence-electron chi connectivity index (χ3n) is 6.79. The van der Waals surface area contributed by atoms with Crippen molar-refractivity contribution < 1.29 is 0 Å². The lowest BCUT2D eigenvalue weighted by Crippen LogP contribution is -1.95. The van der Waals surface area contributed by atoms with Crippen molar-refractivity contribution in [3.05, 3.63) is 134 Å². The Bertz CT molecular complexity index is 1740. The van der Waals surface area contributed by atoms with Gasteiger partial charge in [-0.25, -0.2) is 4.98 Å². The Morgan fingerprint density at radius 3 is 1.54 bits per heavy atom. The SMILES string of the molecule is c1ccc(-c2cc(-c3ccccc3)nc(-c3ccc(-n4c5ccncc5c5cnccc54)cc3)c2)cc1. The highest BCUT2D eigenvalue weighted by molar-refractivity contribution is 6.08. The summed E-state index contributed by atoms with van der Waals surface area (Å²) in [5.74, 6) is 0. The Hall–Kier alpha value is -5.09. The number of hydrogen-bond acceptors (Lipinski definition) is 3. The molecule has 0 aliphatic carbocycles. The van der Waals surface area contributed by atoms with Gasteiger partial charge >= 0.3 is 0 Å². The summed E-state index contributed by atoms with van der Waals surface area (Å²) < 4.78 is 2.26. The first-order valence-electron chi connectivity index (χ1n) is 12.3. The Morgan fingerprint density at radius 2 is 0.973 bits per heavy atom. The second kappa shape index (κ2) is 8.85. The van der Waals surface area contributed by atoms with Gasteiger partial charge in [-0.15, -0.1) is 0 Å². The first kappa shape index (κ1) is 21.2. The van der Waals surface area contributed by atoms with E-state index in [2.05, 4.69) is 112 Å². The minimum Gasteiger partial charge on any atom is -0.309 e. The van der Waals surface area contributed by atoms with Crippen LogP contribution in [-0.4, -0.2) is 19.5 Å². The lowest BCUT2D eigenvalue weighted by atomic mass is 10.00. The first-order chi connectivity index (χ1) is 18.3. The van der Waals surface area contributed by atoms with Crippen LogP contribution in [0.5, 0.6) is 0 Å². The zero-order valence-electron chi connectivity index (χ0n) is 20.0. The zero-order chi connectivity index (χ0) is 24.6. The molecule has 0 bridgehead atoms. The molecule has 174 valence electrons. The molecule has 0 atom stereocenters. The molecule has 7 aromatic rings. The van der Waals surface area contributed by atoms with Crippen molar-refractivity contribution in [2.45, 2.75) is 0 Å². The van der Waals surface area contributed by atoms with Crippen LogP contribution in [0.1, 0.15) is 0 Å². The molecule has 4 nitrogen and oxygen atoms in total. The summed E-state index contributed by atoms with van der Waals surface area (Å²) >= 11 is 0. The van der Waals surface area contributed by atoms with Gasteiger partial charge in [0.2, 0.25) is 0 Å². The normalized spacial score (nSPS) is 11.2. The fourth-order valence-corrected chi connectivity index (χ4v) is 5.00. The Balaban J connectivity index is 1.37. The molecule has 0 fully saturated rings. The molecule has 0 spiro atoms. The molecule has 0 amide bonds. The summed E-state index contributed by atoms with van der Waals surface area (Å²) in [6.07, 6.45) is 7.50. The Morgan fingerprint density at radius 1 is 0.459 bits per heavy atom. The molecule has 0 aliphatic heterocycles. The second-order valence-electron chi connectivity index (χ2n) is 9.03. The lowest BCUT2D eigenvalue weighted by Gasteiger charge is -2.12. The van der Waals surface area contributed by atoms with E-state index < -0.39 is 0 Å². The highest BCUT2D eigenvalue weighted by Gasteiger charge is 2.13. The molecule has 0 aliphatic rings. The molecule has 4 aromatic heterocycles. The van der Waals surface area contributed by atoms with Gasteiger partial charge in [0.25, 0.3) is 0 Å². The van der Waals surface area contributed by atoms with E-state index >= 15 is 0 Å². The van der Waals surface area contributed by atoms with Crippen molar-refractivity contribution in [3.63, 3.8) is 0 Å². The van der Waals surface area contributed by atoms with Crippen LogP contribution in [0.15, 0.2) is 134 Å². The van der Waals surface area contributed by atoms with Gasteiger partial charge in [-0.05, 0) is 47.5 Å². The van der Waals surface area contributed by atoms with Gasteiger partial charge in [0, 0.05) is 52.4 Å². The number of benzene rings is 3. The molecule has 7 rings (SSSR count). The van der Waals surface area contributed by atoms with Gasteiger partial charge in [-0.1, -0.05) is 72.8 Å². The fourth-order valence-electron chi connectivity index (χ4n) is 5.00. The van der Waals surface area contributed by atoms with Crippen molar-refractivity contribution >= 4 is 21.8 Å². The summed E-state index contributed by atoms with van der Waals surface area (Å²) in [5, 5.41) is 2.19. The number of fused-ring (bicyclic) bond motifs is 3. The Labute approximate surface area is 214 Å². The average molecular weight is 475 g/mol. The Kier molecular flexibility index (Phi) is 5.07. The molecule has 0 saturated heterocycles. The number of nitrogens with zero attached hydrogens (tertiary/aromatic N) is 4. The van der Waals surface area contributed by atoms with Crippen molar-refractivity contribution in [2.75, 3.05) is 0 Å². The van der Waals surface area contributed by atoms with Crippen LogP contribution in [0.2, 0.25) is 0 Å². The predicted octanol–water partition coefficient (Wildman–Crippen LogP) is 7.97.